The van der Waals surface area contributed by atoms with Crippen molar-refractivity contribution in [3.05, 3.63) is 48.0 Å². The van der Waals surface area contributed by atoms with E-state index in [9.17, 15) is 9.18 Å². The van der Waals surface area contributed by atoms with Crippen molar-refractivity contribution in [3.63, 3.8) is 0 Å². The summed E-state index contributed by atoms with van der Waals surface area (Å²) in [7, 11) is 0. The van der Waals surface area contributed by atoms with Crippen LogP contribution in [0.15, 0.2) is 36.7 Å². The highest BCUT2D eigenvalue weighted by molar-refractivity contribution is 5.75. The van der Waals surface area contributed by atoms with Crippen LogP contribution in [0.1, 0.15) is 44.1 Å². The number of rotatable bonds is 8. The maximum atomic E-state index is 13.4. The third-order valence-electron chi connectivity index (χ3n) is 6.15. The van der Waals surface area contributed by atoms with Crippen molar-refractivity contribution in [1.82, 2.24) is 20.0 Å². The van der Waals surface area contributed by atoms with Gasteiger partial charge in [-0.15, -0.1) is 0 Å². The molecular formula is C23H31FN4O2. The zero-order chi connectivity index (χ0) is 20.8. The number of hydrogen-bond donors (Lipinski definition) is 1. The minimum atomic E-state index is -0.257. The van der Waals surface area contributed by atoms with E-state index in [-0.39, 0.29) is 17.8 Å². The number of aromatic nitrogens is 2. The molecule has 1 amide bonds. The molecule has 3 heterocycles. The summed E-state index contributed by atoms with van der Waals surface area (Å²) in [6.45, 7) is 4.40. The second-order valence-electron chi connectivity index (χ2n) is 8.47. The van der Waals surface area contributed by atoms with Crippen LogP contribution in [0.25, 0.3) is 5.69 Å². The Bertz CT molecular complexity index is 826. The quantitative estimate of drug-likeness (QED) is 0.720. The molecule has 0 bridgehead atoms. The summed E-state index contributed by atoms with van der Waals surface area (Å²) in [5.74, 6) is 0.509. The standard InChI is InChI=1S/C23H31FN4O2/c24-20-3-1-4-21(13-20)28-17-19(14-26-28)16-27-10-8-18(9-11-27)6-7-23(29)25-15-22-5-2-12-30-22/h1,3-4,13-14,17-18,22H,2,5-12,15-16H2,(H,25,29). The summed E-state index contributed by atoms with van der Waals surface area (Å²) < 4.78 is 20.7. The van der Waals surface area contributed by atoms with Gasteiger partial charge in [-0.1, -0.05) is 6.07 Å². The first-order valence-corrected chi connectivity index (χ1v) is 11.1. The summed E-state index contributed by atoms with van der Waals surface area (Å²) in [6, 6.07) is 6.47. The molecule has 2 aromatic rings. The Morgan fingerprint density at radius 2 is 2.13 bits per heavy atom. The van der Waals surface area contributed by atoms with E-state index >= 15 is 0 Å². The van der Waals surface area contributed by atoms with Gasteiger partial charge in [0.25, 0.3) is 0 Å². The lowest BCUT2D eigenvalue weighted by atomic mass is 9.92. The molecule has 6 nitrogen and oxygen atoms in total. The van der Waals surface area contributed by atoms with E-state index in [0.29, 0.717) is 18.9 Å². The van der Waals surface area contributed by atoms with Gasteiger partial charge in [0.05, 0.1) is 18.0 Å². The van der Waals surface area contributed by atoms with Crippen LogP contribution in [0.2, 0.25) is 0 Å². The second-order valence-corrected chi connectivity index (χ2v) is 8.47. The molecule has 1 unspecified atom stereocenters. The molecule has 2 aliphatic rings. The molecule has 1 atom stereocenters. The van der Waals surface area contributed by atoms with Crippen molar-refractivity contribution in [1.29, 1.82) is 0 Å². The number of nitrogens with one attached hydrogen (secondary N) is 1. The van der Waals surface area contributed by atoms with Crippen LogP contribution in [-0.2, 0) is 16.1 Å². The van der Waals surface area contributed by atoms with Crippen LogP contribution in [0, 0.1) is 11.7 Å². The zero-order valence-corrected chi connectivity index (χ0v) is 17.4. The Balaban J connectivity index is 1.16. The highest BCUT2D eigenvalue weighted by Crippen LogP contribution is 2.23. The number of carbonyl (C=O) groups excluding carboxylic acids is 1. The Morgan fingerprint density at radius 3 is 2.90 bits per heavy atom. The average Bonchev–Trinajstić information content (AvgIpc) is 3.44. The number of carbonyl (C=O) groups is 1. The minimum Gasteiger partial charge on any atom is -0.376 e. The summed E-state index contributed by atoms with van der Waals surface area (Å²) in [5, 5.41) is 7.39. The van der Waals surface area contributed by atoms with Gasteiger partial charge in [0.15, 0.2) is 0 Å². The number of halogens is 1. The van der Waals surface area contributed by atoms with Gasteiger partial charge in [0, 0.05) is 37.9 Å². The number of piperidine rings is 1. The first kappa shape index (κ1) is 21.0. The Morgan fingerprint density at radius 1 is 1.27 bits per heavy atom. The highest BCUT2D eigenvalue weighted by Gasteiger charge is 2.21. The smallest absolute Gasteiger partial charge is 0.220 e. The van der Waals surface area contributed by atoms with Gasteiger partial charge >= 0.3 is 0 Å². The van der Waals surface area contributed by atoms with E-state index < -0.39 is 0 Å². The van der Waals surface area contributed by atoms with Gasteiger partial charge in [-0.3, -0.25) is 9.69 Å². The van der Waals surface area contributed by atoms with Crippen LogP contribution in [0.4, 0.5) is 4.39 Å². The van der Waals surface area contributed by atoms with Crippen LogP contribution in [0.5, 0.6) is 0 Å². The second kappa shape index (κ2) is 10.2. The first-order chi connectivity index (χ1) is 14.7. The number of benzene rings is 1. The monoisotopic (exact) mass is 414 g/mol. The van der Waals surface area contributed by atoms with Gasteiger partial charge in [-0.05, 0) is 69.3 Å². The third kappa shape index (κ3) is 5.89. The topological polar surface area (TPSA) is 59.4 Å². The van der Waals surface area contributed by atoms with Crippen LogP contribution in [-0.4, -0.2) is 52.9 Å². The minimum absolute atomic E-state index is 0.151. The number of likely N-dealkylation sites (tertiary alicyclic amines) is 1. The fourth-order valence-electron chi connectivity index (χ4n) is 4.35. The van der Waals surface area contributed by atoms with Gasteiger partial charge in [0.2, 0.25) is 5.91 Å². The molecule has 1 aromatic carbocycles. The van der Waals surface area contributed by atoms with Crippen molar-refractivity contribution >= 4 is 5.91 Å². The van der Waals surface area contributed by atoms with Gasteiger partial charge in [-0.25, -0.2) is 9.07 Å². The predicted octanol–water partition coefficient (Wildman–Crippen LogP) is 3.30. The molecule has 2 saturated heterocycles. The van der Waals surface area contributed by atoms with Crippen molar-refractivity contribution in [3.8, 4) is 5.69 Å². The van der Waals surface area contributed by atoms with Gasteiger partial charge < -0.3 is 10.1 Å². The summed E-state index contributed by atoms with van der Waals surface area (Å²) in [5.41, 5.74) is 1.86. The molecule has 0 radical (unpaired) electrons. The maximum absolute atomic E-state index is 13.4. The van der Waals surface area contributed by atoms with Crippen molar-refractivity contribution in [2.45, 2.75) is 51.2 Å². The molecule has 30 heavy (non-hydrogen) atoms. The van der Waals surface area contributed by atoms with Crippen LogP contribution < -0.4 is 5.32 Å². The van der Waals surface area contributed by atoms with E-state index in [1.807, 2.05) is 18.5 Å². The summed E-state index contributed by atoms with van der Waals surface area (Å²) >= 11 is 0. The number of amides is 1. The molecule has 2 aliphatic heterocycles. The molecule has 1 N–H and O–H groups in total. The number of ether oxygens (including phenoxy) is 1. The summed E-state index contributed by atoms with van der Waals surface area (Å²) in [4.78, 5) is 14.5. The van der Waals surface area contributed by atoms with Crippen molar-refractivity contribution in [2.75, 3.05) is 26.2 Å². The highest BCUT2D eigenvalue weighted by atomic mass is 19.1. The van der Waals surface area contributed by atoms with Crippen molar-refractivity contribution < 1.29 is 13.9 Å². The SMILES string of the molecule is O=C(CCC1CCN(Cc2cnn(-c3cccc(F)c3)c2)CC1)NCC1CCCO1. The Labute approximate surface area is 177 Å². The lowest BCUT2D eigenvalue weighted by Crippen LogP contribution is -2.34. The summed E-state index contributed by atoms with van der Waals surface area (Å²) in [6.07, 6.45) is 10.0. The number of nitrogens with zero attached hydrogens (tertiary/aromatic N) is 3. The molecule has 0 saturated carbocycles. The first-order valence-electron chi connectivity index (χ1n) is 11.1. The van der Waals surface area contributed by atoms with E-state index in [2.05, 4.69) is 15.3 Å². The van der Waals surface area contributed by atoms with Gasteiger partial charge in [-0.2, -0.15) is 5.10 Å². The molecule has 7 heteroatoms. The third-order valence-corrected chi connectivity index (χ3v) is 6.15. The van der Waals surface area contributed by atoms with Crippen LogP contribution >= 0.6 is 0 Å². The average molecular weight is 415 g/mol. The fourth-order valence-corrected chi connectivity index (χ4v) is 4.35. The molecule has 0 spiro atoms. The number of hydrogen-bond acceptors (Lipinski definition) is 4. The Hall–Kier alpha value is -2.25. The van der Waals surface area contributed by atoms with E-state index in [1.165, 1.54) is 12.1 Å². The predicted molar refractivity (Wildman–Crippen MR) is 113 cm³/mol. The molecule has 1 aromatic heterocycles. The zero-order valence-electron chi connectivity index (χ0n) is 17.4. The molecular weight excluding hydrogens is 383 g/mol. The van der Waals surface area contributed by atoms with E-state index in [1.54, 1.807) is 10.7 Å². The van der Waals surface area contributed by atoms with Crippen LogP contribution in [0.3, 0.4) is 0 Å². The largest absolute Gasteiger partial charge is 0.376 e. The molecule has 0 aliphatic carbocycles. The normalized spacial score (nSPS) is 20.5. The van der Waals surface area contributed by atoms with Crippen molar-refractivity contribution in [2.24, 2.45) is 5.92 Å². The maximum Gasteiger partial charge on any atom is 0.220 e. The van der Waals surface area contributed by atoms with E-state index in [4.69, 9.17) is 4.74 Å². The lowest BCUT2D eigenvalue weighted by molar-refractivity contribution is -0.122. The molecule has 4 rings (SSSR count). The van der Waals surface area contributed by atoms with Gasteiger partial charge in [0.1, 0.15) is 5.82 Å². The molecule has 162 valence electrons. The molecule has 2 fully saturated rings. The lowest BCUT2D eigenvalue weighted by Gasteiger charge is -2.31. The van der Waals surface area contributed by atoms with E-state index in [0.717, 1.165) is 69.6 Å². The fraction of sp³-hybridized carbons (Fsp3) is 0.565. The Kier molecular flexibility index (Phi) is 7.12.